The van der Waals surface area contributed by atoms with Crippen LogP contribution in [0.1, 0.15) is 40.8 Å². The van der Waals surface area contributed by atoms with Crippen LogP contribution < -0.4 is 0 Å². The van der Waals surface area contributed by atoms with Gasteiger partial charge >= 0.3 is 0 Å². The number of carbonyl (C=O) groups is 1. The number of sulfonamides is 1. The first-order chi connectivity index (χ1) is 12.7. The number of carbonyl (C=O) groups excluding carboxylic acids is 1. The van der Waals surface area contributed by atoms with Crippen molar-refractivity contribution in [2.24, 2.45) is 0 Å². The molecule has 0 spiro atoms. The van der Waals surface area contributed by atoms with Crippen LogP contribution in [0.5, 0.6) is 0 Å². The molecular weight excluding hydrogens is 392 g/mol. The van der Waals surface area contributed by atoms with Crippen LogP contribution in [0.25, 0.3) is 0 Å². The maximum absolute atomic E-state index is 12.9. The van der Waals surface area contributed by atoms with Gasteiger partial charge in [-0.3, -0.25) is 4.79 Å². The van der Waals surface area contributed by atoms with E-state index in [0.29, 0.717) is 37.6 Å². The fraction of sp³-hybridized carbons (Fsp3) is 0.471. The second kappa shape index (κ2) is 7.57. The van der Waals surface area contributed by atoms with E-state index in [9.17, 15) is 13.2 Å². The molecule has 10 heteroatoms. The highest BCUT2D eigenvalue weighted by atomic mass is 35.5. The first-order valence-corrected chi connectivity index (χ1v) is 10.3. The zero-order chi connectivity index (χ0) is 19.8. The minimum Gasteiger partial charge on any atom is -0.339 e. The van der Waals surface area contributed by atoms with E-state index in [-0.39, 0.29) is 27.3 Å². The summed E-state index contributed by atoms with van der Waals surface area (Å²) in [5.41, 5.74) is 0.187. The van der Waals surface area contributed by atoms with E-state index in [1.807, 2.05) is 0 Å². The molecule has 0 atom stereocenters. The Labute approximate surface area is 163 Å². The molecule has 3 rings (SSSR count). The van der Waals surface area contributed by atoms with Gasteiger partial charge in [-0.2, -0.15) is 4.98 Å². The lowest BCUT2D eigenvalue weighted by Crippen LogP contribution is -2.38. The van der Waals surface area contributed by atoms with Crippen molar-refractivity contribution < 1.29 is 17.7 Å². The Morgan fingerprint density at radius 1 is 1.30 bits per heavy atom. The lowest BCUT2D eigenvalue weighted by Gasteiger charge is -2.30. The van der Waals surface area contributed by atoms with E-state index >= 15 is 0 Å². The minimum atomic E-state index is -3.65. The molecule has 0 N–H and O–H groups in total. The Bertz CT molecular complexity index is 950. The van der Waals surface area contributed by atoms with Gasteiger partial charge < -0.3 is 9.42 Å². The molecule has 2 aromatic rings. The predicted molar refractivity (Wildman–Crippen MR) is 99.2 cm³/mol. The van der Waals surface area contributed by atoms with Gasteiger partial charge in [0.15, 0.2) is 5.82 Å². The smallest absolute Gasteiger partial charge is 0.255 e. The number of aromatic nitrogens is 2. The fourth-order valence-corrected chi connectivity index (χ4v) is 4.15. The third-order valence-corrected chi connectivity index (χ3v) is 6.76. The fourth-order valence-electron chi connectivity index (χ4n) is 3.02. The zero-order valence-electron chi connectivity index (χ0n) is 15.3. The Morgan fingerprint density at radius 2 is 1.96 bits per heavy atom. The summed E-state index contributed by atoms with van der Waals surface area (Å²) in [6.07, 6.45) is 1.39. The van der Waals surface area contributed by atoms with Crippen molar-refractivity contribution in [2.75, 3.05) is 27.2 Å². The summed E-state index contributed by atoms with van der Waals surface area (Å²) >= 11 is 6.18. The van der Waals surface area contributed by atoms with Gasteiger partial charge in [0.2, 0.25) is 15.9 Å². The number of piperidine rings is 1. The van der Waals surface area contributed by atoms with Gasteiger partial charge in [0.1, 0.15) is 0 Å². The van der Waals surface area contributed by atoms with Gasteiger partial charge in [0.05, 0.1) is 15.5 Å². The summed E-state index contributed by atoms with van der Waals surface area (Å²) in [6.45, 7) is 2.78. The van der Waals surface area contributed by atoms with Crippen molar-refractivity contribution >= 4 is 27.5 Å². The van der Waals surface area contributed by atoms with Crippen LogP contribution in [0.2, 0.25) is 5.02 Å². The van der Waals surface area contributed by atoms with E-state index < -0.39 is 10.0 Å². The summed E-state index contributed by atoms with van der Waals surface area (Å²) in [6, 6.07) is 4.19. The number of hydrogen-bond acceptors (Lipinski definition) is 6. The van der Waals surface area contributed by atoms with Gasteiger partial charge in [0, 0.05) is 33.1 Å². The molecule has 1 aliphatic rings. The summed E-state index contributed by atoms with van der Waals surface area (Å²) < 4.78 is 31.0. The lowest BCUT2D eigenvalue weighted by molar-refractivity contribution is 0.0704. The summed E-state index contributed by atoms with van der Waals surface area (Å²) in [4.78, 5) is 18.9. The average molecular weight is 413 g/mol. The Balaban J connectivity index is 1.77. The van der Waals surface area contributed by atoms with Gasteiger partial charge in [-0.1, -0.05) is 16.8 Å². The molecule has 27 heavy (non-hydrogen) atoms. The number of benzene rings is 1. The molecule has 1 aromatic heterocycles. The Morgan fingerprint density at radius 3 is 2.52 bits per heavy atom. The minimum absolute atomic E-state index is 0.0384. The third kappa shape index (κ3) is 3.99. The summed E-state index contributed by atoms with van der Waals surface area (Å²) in [5.74, 6) is 1.02. The highest BCUT2D eigenvalue weighted by Gasteiger charge is 2.29. The van der Waals surface area contributed by atoms with E-state index in [4.69, 9.17) is 16.1 Å². The maximum atomic E-state index is 12.9. The van der Waals surface area contributed by atoms with Crippen LogP contribution in [-0.4, -0.2) is 60.9 Å². The second-order valence-electron chi connectivity index (χ2n) is 6.68. The SMILES string of the molecule is Cc1noc(C2CCN(C(=O)c3cc(S(=O)(=O)N(C)C)ccc3Cl)CC2)n1. The van der Waals surface area contributed by atoms with Crippen molar-refractivity contribution in [1.82, 2.24) is 19.3 Å². The van der Waals surface area contributed by atoms with E-state index in [0.717, 1.165) is 4.31 Å². The Hall–Kier alpha value is -1.97. The van der Waals surface area contributed by atoms with Gasteiger partial charge in [-0.15, -0.1) is 0 Å². The molecule has 2 heterocycles. The van der Waals surface area contributed by atoms with Crippen LogP contribution in [-0.2, 0) is 10.0 Å². The van der Waals surface area contributed by atoms with Crippen LogP contribution in [0.3, 0.4) is 0 Å². The van der Waals surface area contributed by atoms with Crippen LogP contribution in [0, 0.1) is 6.92 Å². The third-order valence-electron chi connectivity index (χ3n) is 4.62. The zero-order valence-corrected chi connectivity index (χ0v) is 16.9. The van der Waals surface area contributed by atoms with Crippen LogP contribution in [0.4, 0.5) is 0 Å². The predicted octanol–water partition coefficient (Wildman–Crippen LogP) is 2.30. The normalized spacial score (nSPS) is 16.1. The van der Waals surface area contributed by atoms with Crippen molar-refractivity contribution in [3.05, 3.63) is 40.5 Å². The Kier molecular flexibility index (Phi) is 5.55. The monoisotopic (exact) mass is 412 g/mol. The molecule has 0 bridgehead atoms. The van der Waals surface area contributed by atoms with Crippen molar-refractivity contribution in [1.29, 1.82) is 0 Å². The molecule has 1 amide bonds. The standard InChI is InChI=1S/C17H21ClN4O4S/c1-11-19-16(26-20-11)12-6-8-22(9-7-12)17(23)14-10-13(4-5-15(14)18)27(24,25)21(2)3/h4-5,10,12H,6-9H2,1-3H3. The molecule has 0 unspecified atom stereocenters. The number of amides is 1. The van der Waals surface area contributed by atoms with Crippen LogP contribution >= 0.6 is 11.6 Å². The maximum Gasteiger partial charge on any atom is 0.255 e. The lowest BCUT2D eigenvalue weighted by atomic mass is 9.96. The van der Waals surface area contributed by atoms with E-state index in [1.54, 1.807) is 11.8 Å². The molecule has 146 valence electrons. The largest absolute Gasteiger partial charge is 0.339 e. The molecule has 1 aromatic carbocycles. The highest BCUT2D eigenvalue weighted by molar-refractivity contribution is 7.89. The van der Waals surface area contributed by atoms with Crippen molar-refractivity contribution in [2.45, 2.75) is 30.6 Å². The number of likely N-dealkylation sites (tertiary alicyclic amines) is 1. The van der Waals surface area contributed by atoms with Gasteiger partial charge in [-0.25, -0.2) is 12.7 Å². The van der Waals surface area contributed by atoms with Gasteiger partial charge in [0.25, 0.3) is 5.91 Å². The van der Waals surface area contributed by atoms with E-state index in [2.05, 4.69) is 10.1 Å². The van der Waals surface area contributed by atoms with Crippen molar-refractivity contribution in [3.63, 3.8) is 0 Å². The number of rotatable bonds is 4. The quantitative estimate of drug-likeness (QED) is 0.764. The number of hydrogen-bond donors (Lipinski definition) is 0. The van der Waals surface area contributed by atoms with Crippen LogP contribution in [0.15, 0.2) is 27.6 Å². The first-order valence-electron chi connectivity index (χ1n) is 8.51. The highest BCUT2D eigenvalue weighted by Crippen LogP contribution is 2.29. The molecule has 1 saturated heterocycles. The molecule has 8 nitrogen and oxygen atoms in total. The second-order valence-corrected chi connectivity index (χ2v) is 9.23. The number of nitrogens with zero attached hydrogens (tertiary/aromatic N) is 4. The van der Waals surface area contributed by atoms with Gasteiger partial charge in [-0.05, 0) is 38.0 Å². The average Bonchev–Trinajstić information content (AvgIpc) is 3.08. The van der Waals surface area contributed by atoms with Crippen molar-refractivity contribution in [3.8, 4) is 0 Å². The molecule has 0 radical (unpaired) electrons. The number of halogens is 1. The molecule has 0 aliphatic carbocycles. The molecule has 1 fully saturated rings. The molecule has 1 aliphatic heterocycles. The summed E-state index contributed by atoms with van der Waals surface area (Å²) in [5, 5.41) is 4.04. The first kappa shape index (κ1) is 19.8. The molecule has 0 saturated carbocycles. The topological polar surface area (TPSA) is 96.6 Å². The molecular formula is C17H21ClN4O4S. The summed E-state index contributed by atoms with van der Waals surface area (Å²) in [7, 11) is -0.767. The number of aryl methyl sites for hydroxylation is 1. The van der Waals surface area contributed by atoms with E-state index in [1.165, 1.54) is 32.3 Å².